The Morgan fingerprint density at radius 1 is 1.03 bits per heavy atom. The summed E-state index contributed by atoms with van der Waals surface area (Å²) in [6, 6.07) is 18.1. The van der Waals surface area contributed by atoms with E-state index < -0.39 is 11.2 Å². The normalized spacial score (nSPS) is 15.2. The van der Waals surface area contributed by atoms with E-state index in [0.717, 1.165) is 21.4 Å². The van der Waals surface area contributed by atoms with Gasteiger partial charge in [-0.05, 0) is 11.6 Å². The monoisotopic (exact) mass is 391 g/mol. The van der Waals surface area contributed by atoms with Crippen LogP contribution in [-0.4, -0.2) is 21.6 Å². The number of para-hydroxylation sites is 1. The van der Waals surface area contributed by atoms with E-state index in [1.54, 1.807) is 0 Å². The number of carbonyl (C=O) groups is 1. The Hall–Kier alpha value is -3.61. The highest BCUT2D eigenvalue weighted by molar-refractivity contribution is 5.76. The number of nitrogens with one attached hydrogen (secondary N) is 1. The van der Waals surface area contributed by atoms with Gasteiger partial charge in [-0.25, -0.2) is 4.79 Å². The summed E-state index contributed by atoms with van der Waals surface area (Å²) in [5.74, 6) is 0.356. The van der Waals surface area contributed by atoms with Crippen LogP contribution < -0.4 is 21.3 Å². The highest BCUT2D eigenvalue weighted by atomic mass is 16.5. The van der Waals surface area contributed by atoms with Crippen molar-refractivity contribution >= 4 is 5.91 Å². The second-order valence-corrected chi connectivity index (χ2v) is 6.93. The topological polar surface area (TPSA) is 82.3 Å². The molecule has 0 bridgehead atoms. The maximum Gasteiger partial charge on any atom is 0.331 e. The van der Waals surface area contributed by atoms with Gasteiger partial charge in [0, 0.05) is 24.2 Å². The molecular weight excluding hydrogens is 370 g/mol. The SMILES string of the molecule is O=C(Cn1c(=O)ccn(Cc2ccccc2)c1=O)N[C@@H]1CCOc2ccccc21. The van der Waals surface area contributed by atoms with Crippen LogP contribution in [0.25, 0.3) is 0 Å². The Kier molecular flexibility index (Phi) is 5.29. The van der Waals surface area contributed by atoms with Gasteiger partial charge >= 0.3 is 5.69 Å². The molecule has 1 aliphatic rings. The van der Waals surface area contributed by atoms with Crippen LogP contribution in [0.4, 0.5) is 0 Å². The summed E-state index contributed by atoms with van der Waals surface area (Å²) >= 11 is 0. The van der Waals surface area contributed by atoms with E-state index in [9.17, 15) is 14.4 Å². The molecule has 7 heteroatoms. The number of aromatic nitrogens is 2. The fourth-order valence-electron chi connectivity index (χ4n) is 3.48. The van der Waals surface area contributed by atoms with Gasteiger partial charge in [0.1, 0.15) is 12.3 Å². The number of fused-ring (bicyclic) bond motifs is 1. The summed E-state index contributed by atoms with van der Waals surface area (Å²) in [5.41, 5.74) is 0.822. The Morgan fingerprint density at radius 2 is 1.79 bits per heavy atom. The highest BCUT2D eigenvalue weighted by Crippen LogP contribution is 2.31. The summed E-state index contributed by atoms with van der Waals surface area (Å²) < 4.78 is 7.99. The largest absolute Gasteiger partial charge is 0.493 e. The van der Waals surface area contributed by atoms with Crippen molar-refractivity contribution in [2.75, 3.05) is 6.61 Å². The average Bonchev–Trinajstić information content (AvgIpc) is 2.74. The lowest BCUT2D eigenvalue weighted by Gasteiger charge is -2.26. The molecule has 0 aliphatic carbocycles. The van der Waals surface area contributed by atoms with Crippen LogP contribution in [0.15, 0.2) is 76.4 Å². The van der Waals surface area contributed by atoms with Gasteiger partial charge in [0.15, 0.2) is 0 Å². The highest BCUT2D eigenvalue weighted by Gasteiger charge is 2.23. The Morgan fingerprint density at radius 3 is 2.62 bits per heavy atom. The number of carbonyl (C=O) groups excluding carboxylic acids is 1. The third kappa shape index (κ3) is 4.13. The second-order valence-electron chi connectivity index (χ2n) is 6.93. The van der Waals surface area contributed by atoms with E-state index >= 15 is 0 Å². The molecule has 29 heavy (non-hydrogen) atoms. The van der Waals surface area contributed by atoms with Crippen LogP contribution in [0.3, 0.4) is 0 Å². The fourth-order valence-corrected chi connectivity index (χ4v) is 3.48. The van der Waals surface area contributed by atoms with E-state index in [4.69, 9.17) is 4.74 Å². The van der Waals surface area contributed by atoms with Gasteiger partial charge in [0.25, 0.3) is 5.56 Å². The van der Waals surface area contributed by atoms with Gasteiger partial charge in [-0.1, -0.05) is 48.5 Å². The number of amides is 1. The summed E-state index contributed by atoms with van der Waals surface area (Å²) in [7, 11) is 0. The lowest BCUT2D eigenvalue weighted by Crippen LogP contribution is -2.44. The maximum absolute atomic E-state index is 12.7. The van der Waals surface area contributed by atoms with Crippen LogP contribution >= 0.6 is 0 Å². The molecule has 7 nitrogen and oxygen atoms in total. The number of nitrogens with zero attached hydrogens (tertiary/aromatic N) is 2. The predicted octanol–water partition coefficient (Wildman–Crippen LogP) is 1.70. The van der Waals surface area contributed by atoms with Gasteiger partial charge in [0.05, 0.1) is 19.2 Å². The Balaban J connectivity index is 1.52. The summed E-state index contributed by atoms with van der Waals surface area (Å²) in [6.07, 6.45) is 2.09. The lowest BCUT2D eigenvalue weighted by atomic mass is 10.0. The smallest absolute Gasteiger partial charge is 0.331 e. The van der Waals surface area contributed by atoms with Crippen LogP contribution in [0.5, 0.6) is 5.75 Å². The molecule has 1 N–H and O–H groups in total. The zero-order valence-corrected chi connectivity index (χ0v) is 15.8. The van der Waals surface area contributed by atoms with Crippen LogP contribution in [0.2, 0.25) is 0 Å². The van der Waals surface area contributed by atoms with Crippen molar-refractivity contribution in [1.29, 1.82) is 0 Å². The van der Waals surface area contributed by atoms with Gasteiger partial charge < -0.3 is 10.1 Å². The Bertz CT molecular complexity index is 1130. The van der Waals surface area contributed by atoms with E-state index in [0.29, 0.717) is 19.6 Å². The molecule has 2 aromatic carbocycles. The minimum absolute atomic E-state index is 0.210. The minimum atomic E-state index is -0.510. The molecular formula is C22H21N3O4. The van der Waals surface area contributed by atoms with Crippen molar-refractivity contribution in [2.45, 2.75) is 25.6 Å². The van der Waals surface area contributed by atoms with E-state index in [-0.39, 0.29) is 18.5 Å². The number of hydrogen-bond donors (Lipinski definition) is 1. The van der Waals surface area contributed by atoms with Crippen LogP contribution in [-0.2, 0) is 17.9 Å². The van der Waals surface area contributed by atoms with Gasteiger partial charge in [0.2, 0.25) is 5.91 Å². The molecule has 0 spiro atoms. The summed E-state index contributed by atoms with van der Waals surface area (Å²) in [6.45, 7) is 0.499. The first-order valence-electron chi connectivity index (χ1n) is 9.47. The molecule has 148 valence electrons. The van der Waals surface area contributed by atoms with Crippen LogP contribution in [0, 0.1) is 0 Å². The molecule has 3 aromatic rings. The first kappa shape index (κ1) is 18.7. The first-order valence-corrected chi connectivity index (χ1v) is 9.47. The molecule has 1 aliphatic heterocycles. The molecule has 0 radical (unpaired) electrons. The molecule has 2 heterocycles. The molecule has 0 unspecified atom stereocenters. The zero-order chi connectivity index (χ0) is 20.2. The molecule has 4 rings (SSSR count). The Labute approximate surface area is 167 Å². The summed E-state index contributed by atoms with van der Waals surface area (Å²) in [5, 5.41) is 2.92. The number of hydrogen-bond acceptors (Lipinski definition) is 4. The summed E-state index contributed by atoms with van der Waals surface area (Å²) in [4.78, 5) is 37.6. The van der Waals surface area contributed by atoms with Crippen molar-refractivity contribution in [2.24, 2.45) is 0 Å². The molecule has 1 atom stereocenters. The van der Waals surface area contributed by atoms with Crippen molar-refractivity contribution < 1.29 is 9.53 Å². The predicted molar refractivity (Wildman–Crippen MR) is 108 cm³/mol. The maximum atomic E-state index is 12.7. The zero-order valence-electron chi connectivity index (χ0n) is 15.8. The third-order valence-electron chi connectivity index (χ3n) is 4.93. The molecule has 1 amide bonds. The van der Waals surface area contributed by atoms with E-state index in [1.165, 1.54) is 16.8 Å². The quantitative estimate of drug-likeness (QED) is 0.718. The van der Waals surface area contributed by atoms with Crippen molar-refractivity contribution in [3.8, 4) is 5.75 Å². The number of ether oxygens (including phenoxy) is 1. The molecule has 0 saturated heterocycles. The molecule has 0 saturated carbocycles. The van der Waals surface area contributed by atoms with E-state index in [1.807, 2.05) is 54.6 Å². The fraction of sp³-hybridized carbons (Fsp3) is 0.227. The second kappa shape index (κ2) is 8.18. The average molecular weight is 391 g/mol. The number of benzene rings is 2. The van der Waals surface area contributed by atoms with Crippen molar-refractivity contribution in [3.63, 3.8) is 0 Å². The molecule has 1 aromatic heterocycles. The van der Waals surface area contributed by atoms with Gasteiger partial charge in [-0.2, -0.15) is 0 Å². The van der Waals surface area contributed by atoms with Crippen LogP contribution in [0.1, 0.15) is 23.6 Å². The van der Waals surface area contributed by atoms with Crippen molar-refractivity contribution in [3.05, 3.63) is 98.8 Å². The van der Waals surface area contributed by atoms with Gasteiger partial charge in [-0.15, -0.1) is 0 Å². The number of rotatable bonds is 5. The molecule has 0 fully saturated rings. The first-order chi connectivity index (χ1) is 14.1. The standard InChI is InChI=1S/C22H21N3O4/c26-20(23-18-11-13-29-19-9-5-4-8-17(18)19)15-25-21(27)10-12-24(22(25)28)14-16-6-2-1-3-7-16/h1-10,12,18H,11,13-15H2,(H,23,26)/t18-/m1/s1. The van der Waals surface area contributed by atoms with E-state index in [2.05, 4.69) is 5.32 Å². The lowest BCUT2D eigenvalue weighted by molar-refractivity contribution is -0.122. The minimum Gasteiger partial charge on any atom is -0.493 e. The van der Waals surface area contributed by atoms with Crippen molar-refractivity contribution in [1.82, 2.24) is 14.5 Å². The van der Waals surface area contributed by atoms with Gasteiger partial charge in [-0.3, -0.25) is 18.7 Å². The third-order valence-corrected chi connectivity index (χ3v) is 4.93.